The van der Waals surface area contributed by atoms with Gasteiger partial charge in [-0.25, -0.2) is 0 Å². The largest absolute Gasteiger partial charge is 0.392 e. The van der Waals surface area contributed by atoms with E-state index < -0.39 is 0 Å². The normalized spacial score (nSPS) is 32.0. The van der Waals surface area contributed by atoms with Crippen molar-refractivity contribution in [2.75, 3.05) is 7.05 Å². The van der Waals surface area contributed by atoms with E-state index in [-0.39, 0.29) is 11.5 Å². The van der Waals surface area contributed by atoms with Crippen LogP contribution >= 0.6 is 12.2 Å². The Balaban J connectivity index is 2.42. The Hall–Kier alpha value is -0.350. The predicted octanol–water partition coefficient (Wildman–Crippen LogP) is 0.240. The fourth-order valence-electron chi connectivity index (χ4n) is 1.38. The van der Waals surface area contributed by atoms with E-state index in [9.17, 15) is 5.11 Å². The van der Waals surface area contributed by atoms with Gasteiger partial charge in [0.05, 0.1) is 6.10 Å². The molecular weight excluding hydrogens is 172 g/mol. The van der Waals surface area contributed by atoms with Gasteiger partial charge in [0, 0.05) is 18.5 Å². The van der Waals surface area contributed by atoms with E-state index in [0.717, 1.165) is 6.42 Å². The van der Waals surface area contributed by atoms with Crippen LogP contribution in [-0.2, 0) is 0 Å². The molecule has 0 aromatic heterocycles. The first-order valence-electron chi connectivity index (χ1n) is 4.14. The summed E-state index contributed by atoms with van der Waals surface area (Å²) in [6.45, 7) is 4.08. The number of aliphatic hydroxyl groups is 1. The highest BCUT2D eigenvalue weighted by Gasteiger charge is 2.47. The molecule has 2 unspecified atom stereocenters. The third kappa shape index (κ3) is 1.54. The summed E-state index contributed by atoms with van der Waals surface area (Å²) in [6.07, 6.45) is 0.587. The lowest BCUT2D eigenvalue weighted by molar-refractivity contribution is -0.0659. The predicted molar refractivity (Wildman–Crippen MR) is 53.0 cm³/mol. The van der Waals surface area contributed by atoms with Gasteiger partial charge in [-0.1, -0.05) is 13.8 Å². The molecule has 1 rings (SSSR count). The second-order valence-electron chi connectivity index (χ2n) is 3.85. The second-order valence-corrected chi connectivity index (χ2v) is 4.26. The fourth-order valence-corrected chi connectivity index (χ4v) is 1.52. The SMILES string of the molecule is CNC(=S)NC1CC(O)C1(C)C. The quantitative estimate of drug-likeness (QED) is 0.516. The minimum Gasteiger partial charge on any atom is -0.392 e. The fraction of sp³-hybridized carbons (Fsp3) is 0.875. The van der Waals surface area contributed by atoms with Gasteiger partial charge in [-0.15, -0.1) is 0 Å². The molecule has 0 spiro atoms. The van der Waals surface area contributed by atoms with E-state index in [1.54, 1.807) is 7.05 Å². The van der Waals surface area contributed by atoms with Crippen LogP contribution in [0.4, 0.5) is 0 Å². The third-order valence-corrected chi connectivity index (χ3v) is 3.07. The number of aliphatic hydroxyl groups excluding tert-OH is 1. The molecule has 0 aromatic rings. The van der Waals surface area contributed by atoms with E-state index in [0.29, 0.717) is 11.2 Å². The molecule has 0 radical (unpaired) electrons. The molecule has 3 N–H and O–H groups in total. The molecule has 1 fully saturated rings. The number of hydrogen-bond acceptors (Lipinski definition) is 2. The van der Waals surface area contributed by atoms with Crippen molar-refractivity contribution >= 4 is 17.3 Å². The van der Waals surface area contributed by atoms with Gasteiger partial charge in [-0.3, -0.25) is 0 Å². The van der Waals surface area contributed by atoms with Gasteiger partial charge in [-0.2, -0.15) is 0 Å². The lowest BCUT2D eigenvalue weighted by Crippen LogP contribution is -2.62. The molecule has 12 heavy (non-hydrogen) atoms. The van der Waals surface area contributed by atoms with E-state index >= 15 is 0 Å². The number of thiocarbonyl (C=S) groups is 1. The maximum Gasteiger partial charge on any atom is 0.166 e. The molecular formula is C8H16N2OS. The Labute approximate surface area is 78.5 Å². The standard InChI is InChI=1S/C8H16N2OS/c1-8(2)5(4-6(8)11)10-7(12)9-3/h5-6,11H,4H2,1-3H3,(H2,9,10,12). The van der Waals surface area contributed by atoms with Crippen LogP contribution in [0.1, 0.15) is 20.3 Å². The average molecular weight is 188 g/mol. The topological polar surface area (TPSA) is 44.3 Å². The van der Waals surface area contributed by atoms with Gasteiger partial charge in [0.2, 0.25) is 0 Å². The number of rotatable bonds is 1. The van der Waals surface area contributed by atoms with Crippen LogP contribution in [0, 0.1) is 5.41 Å². The molecule has 0 amide bonds. The van der Waals surface area contributed by atoms with Crippen LogP contribution in [0.3, 0.4) is 0 Å². The summed E-state index contributed by atoms with van der Waals surface area (Å²) < 4.78 is 0. The van der Waals surface area contributed by atoms with Crippen LogP contribution < -0.4 is 10.6 Å². The first-order valence-corrected chi connectivity index (χ1v) is 4.55. The molecule has 0 heterocycles. The van der Waals surface area contributed by atoms with Gasteiger partial charge in [0.15, 0.2) is 5.11 Å². The second kappa shape index (κ2) is 3.18. The molecule has 0 saturated heterocycles. The molecule has 4 heteroatoms. The van der Waals surface area contributed by atoms with Gasteiger partial charge in [0.1, 0.15) is 0 Å². The summed E-state index contributed by atoms with van der Waals surface area (Å²) in [5, 5.41) is 16.1. The van der Waals surface area contributed by atoms with E-state index in [4.69, 9.17) is 12.2 Å². The lowest BCUT2D eigenvalue weighted by Gasteiger charge is -2.49. The minimum atomic E-state index is -0.199. The van der Waals surface area contributed by atoms with Crippen molar-refractivity contribution in [3.8, 4) is 0 Å². The van der Waals surface area contributed by atoms with E-state index in [2.05, 4.69) is 10.6 Å². The molecule has 0 aliphatic heterocycles. The van der Waals surface area contributed by atoms with E-state index in [1.807, 2.05) is 13.8 Å². The highest BCUT2D eigenvalue weighted by Crippen LogP contribution is 2.40. The first-order chi connectivity index (χ1) is 5.48. The maximum absolute atomic E-state index is 9.43. The average Bonchev–Trinajstić information content (AvgIpc) is 2.03. The summed E-state index contributed by atoms with van der Waals surface area (Å²) in [5.41, 5.74) is -0.0547. The smallest absolute Gasteiger partial charge is 0.166 e. The van der Waals surface area contributed by atoms with Crippen molar-refractivity contribution in [1.29, 1.82) is 0 Å². The summed E-state index contributed by atoms with van der Waals surface area (Å²) in [6, 6.07) is 0.299. The molecule has 70 valence electrons. The summed E-state index contributed by atoms with van der Waals surface area (Å²) in [4.78, 5) is 0. The molecule has 0 aromatic carbocycles. The lowest BCUT2D eigenvalue weighted by atomic mass is 9.65. The number of hydrogen-bond donors (Lipinski definition) is 3. The van der Waals surface area contributed by atoms with Gasteiger partial charge < -0.3 is 15.7 Å². The monoisotopic (exact) mass is 188 g/mol. The van der Waals surface area contributed by atoms with Crippen molar-refractivity contribution in [2.24, 2.45) is 5.41 Å². The van der Waals surface area contributed by atoms with Crippen molar-refractivity contribution in [3.05, 3.63) is 0 Å². The van der Waals surface area contributed by atoms with E-state index in [1.165, 1.54) is 0 Å². The zero-order valence-electron chi connectivity index (χ0n) is 7.72. The Morgan fingerprint density at radius 1 is 1.58 bits per heavy atom. The molecule has 1 aliphatic rings. The first kappa shape index (κ1) is 9.74. The van der Waals surface area contributed by atoms with Crippen LogP contribution in [0.25, 0.3) is 0 Å². The molecule has 3 nitrogen and oxygen atoms in total. The Bertz CT molecular complexity index is 193. The Morgan fingerprint density at radius 3 is 2.50 bits per heavy atom. The minimum absolute atomic E-state index is 0.0547. The van der Waals surface area contributed by atoms with Crippen LogP contribution in [0.5, 0.6) is 0 Å². The number of nitrogens with one attached hydrogen (secondary N) is 2. The zero-order valence-corrected chi connectivity index (χ0v) is 8.53. The highest BCUT2D eigenvalue weighted by atomic mass is 32.1. The molecule has 0 bridgehead atoms. The van der Waals surface area contributed by atoms with Gasteiger partial charge >= 0.3 is 0 Å². The summed E-state index contributed by atoms with van der Waals surface area (Å²) in [7, 11) is 1.79. The third-order valence-electron chi connectivity index (χ3n) is 2.75. The van der Waals surface area contributed by atoms with Crippen LogP contribution in [0.15, 0.2) is 0 Å². The molecule has 1 aliphatic carbocycles. The molecule has 2 atom stereocenters. The summed E-state index contributed by atoms with van der Waals surface area (Å²) >= 11 is 4.97. The Morgan fingerprint density at radius 2 is 2.17 bits per heavy atom. The van der Waals surface area contributed by atoms with Crippen molar-refractivity contribution in [2.45, 2.75) is 32.4 Å². The maximum atomic E-state index is 9.43. The zero-order chi connectivity index (χ0) is 9.35. The van der Waals surface area contributed by atoms with Crippen LogP contribution in [-0.4, -0.2) is 29.4 Å². The van der Waals surface area contributed by atoms with Crippen molar-refractivity contribution < 1.29 is 5.11 Å². The van der Waals surface area contributed by atoms with Crippen LogP contribution in [0.2, 0.25) is 0 Å². The van der Waals surface area contributed by atoms with Crippen molar-refractivity contribution in [1.82, 2.24) is 10.6 Å². The Kier molecular flexibility index (Phi) is 2.58. The van der Waals surface area contributed by atoms with Crippen molar-refractivity contribution in [3.63, 3.8) is 0 Å². The van der Waals surface area contributed by atoms with Gasteiger partial charge in [-0.05, 0) is 18.6 Å². The highest BCUT2D eigenvalue weighted by molar-refractivity contribution is 7.80. The summed E-state index contributed by atoms with van der Waals surface area (Å²) in [5.74, 6) is 0. The molecule has 1 saturated carbocycles. The van der Waals surface area contributed by atoms with Gasteiger partial charge in [0.25, 0.3) is 0 Å².